The van der Waals surface area contributed by atoms with E-state index >= 15 is 0 Å². The van der Waals surface area contributed by atoms with Gasteiger partial charge in [0.25, 0.3) is 0 Å². The second-order valence-corrected chi connectivity index (χ2v) is 5.77. The molecule has 0 spiro atoms. The molecule has 0 saturated heterocycles. The summed E-state index contributed by atoms with van der Waals surface area (Å²) < 4.78 is 49.6. The minimum Gasteiger partial charge on any atom is -0.768 e. The van der Waals surface area contributed by atoms with Crippen molar-refractivity contribution in [1.82, 2.24) is 9.97 Å². The van der Waals surface area contributed by atoms with E-state index in [1.807, 2.05) is 0 Å². The quantitative estimate of drug-likeness (QED) is 0.491. The Morgan fingerprint density at radius 1 is 1.50 bits per heavy atom. The third-order valence-corrected chi connectivity index (χ3v) is 3.85. The third-order valence-electron chi connectivity index (χ3n) is 3.10. The van der Waals surface area contributed by atoms with E-state index < -0.39 is 22.7 Å². The highest BCUT2D eigenvalue weighted by Crippen LogP contribution is 2.18. The van der Waals surface area contributed by atoms with Crippen molar-refractivity contribution in [2.45, 2.75) is 11.4 Å². The van der Waals surface area contributed by atoms with Crippen LogP contribution in [0.2, 0.25) is 0 Å². The van der Waals surface area contributed by atoms with Crippen molar-refractivity contribution in [3.63, 3.8) is 0 Å². The minimum atomic E-state index is -2.56. The summed E-state index contributed by atoms with van der Waals surface area (Å²) in [4.78, 5) is 11.4. The second-order valence-electron chi connectivity index (χ2n) is 4.86. The van der Waals surface area contributed by atoms with Crippen molar-refractivity contribution in [2.75, 3.05) is 17.7 Å². The van der Waals surface area contributed by atoms with Gasteiger partial charge >= 0.3 is 0 Å². The molecule has 1 aromatic carbocycles. The van der Waals surface area contributed by atoms with Crippen molar-refractivity contribution in [3.05, 3.63) is 53.5 Å². The van der Waals surface area contributed by atoms with Gasteiger partial charge in [0.1, 0.15) is 5.82 Å². The summed E-state index contributed by atoms with van der Waals surface area (Å²) in [6.45, 7) is -0.162. The number of anilines is 2. The Labute approximate surface area is 152 Å². The number of halogens is 2. The van der Waals surface area contributed by atoms with E-state index in [0.717, 1.165) is 24.4 Å². The largest absolute Gasteiger partial charge is 0.768 e. The Bertz CT molecular complexity index is 881. The molecule has 1 unspecified atom stereocenters. The predicted octanol–water partition coefficient (Wildman–Crippen LogP) is 1.76. The molecule has 2 aromatic rings. The lowest BCUT2D eigenvalue weighted by molar-refractivity contribution is 0.535. The van der Waals surface area contributed by atoms with Crippen LogP contribution in [0.3, 0.4) is 0 Å². The van der Waals surface area contributed by atoms with Crippen LogP contribution < -0.4 is 16.4 Å². The van der Waals surface area contributed by atoms with Crippen LogP contribution in [0.1, 0.15) is 6.99 Å². The number of hydrogen-bond acceptors (Lipinski definition) is 8. The Morgan fingerprint density at radius 2 is 2.27 bits per heavy atom. The zero-order chi connectivity index (χ0) is 19.1. The summed E-state index contributed by atoms with van der Waals surface area (Å²) in [6, 6.07) is 3.20. The SMILES string of the molecule is CN=C/C(=C\N)Nc1ncc(F)c(NCc2cc(F)ccc2S(=O)[O-])n1.[HH]. The van der Waals surface area contributed by atoms with Gasteiger partial charge in [-0.3, -0.25) is 9.20 Å². The average Bonchev–Trinajstić information content (AvgIpc) is 2.61. The van der Waals surface area contributed by atoms with Crippen molar-refractivity contribution < 1.29 is 19.0 Å². The molecular weight excluding hydrogens is 366 g/mol. The fraction of sp³-hybridized carbons (Fsp3) is 0.133. The fourth-order valence-electron chi connectivity index (χ4n) is 1.96. The van der Waals surface area contributed by atoms with E-state index in [4.69, 9.17) is 5.73 Å². The Kier molecular flexibility index (Phi) is 6.69. The summed E-state index contributed by atoms with van der Waals surface area (Å²) in [5.41, 5.74) is 5.93. The molecule has 0 saturated carbocycles. The van der Waals surface area contributed by atoms with Gasteiger partial charge in [0.05, 0.1) is 11.9 Å². The molecule has 1 aromatic heterocycles. The number of hydrogen-bond donors (Lipinski definition) is 3. The van der Waals surface area contributed by atoms with Crippen molar-refractivity contribution >= 4 is 29.1 Å². The molecule has 1 atom stereocenters. The van der Waals surface area contributed by atoms with E-state index in [1.54, 1.807) is 7.05 Å². The monoisotopic (exact) mass is 383 g/mol. The van der Waals surface area contributed by atoms with Crippen molar-refractivity contribution in [2.24, 2.45) is 10.7 Å². The minimum absolute atomic E-state index is 0. The molecule has 0 aliphatic carbocycles. The number of aromatic nitrogens is 2. The summed E-state index contributed by atoms with van der Waals surface area (Å²) in [6.07, 6.45) is 3.57. The molecule has 0 fully saturated rings. The topological polar surface area (TPSA) is 128 Å². The van der Waals surface area contributed by atoms with Crippen LogP contribution in [-0.4, -0.2) is 32.0 Å². The van der Waals surface area contributed by atoms with Gasteiger partial charge in [-0.15, -0.1) is 0 Å². The van der Waals surface area contributed by atoms with Gasteiger partial charge in [-0.25, -0.2) is 13.8 Å². The molecule has 11 heteroatoms. The summed E-state index contributed by atoms with van der Waals surface area (Å²) in [5.74, 6) is -1.53. The lowest BCUT2D eigenvalue weighted by Gasteiger charge is -2.14. The highest BCUT2D eigenvalue weighted by atomic mass is 32.2. The standard InChI is InChI=1S/C15H16F2N6O2S.H2/c1-19-7-11(5-18)22-15-21-8-12(17)14(23-15)20-6-9-4-10(16)2-3-13(9)26(24)25;/h2-5,7-8H,6,18H2,1H3,(H,24,25)(H2,20,21,22,23);1H/p-1/b11-5+,19-7?;. The van der Waals surface area contributed by atoms with Crippen LogP contribution in [0.15, 0.2) is 46.2 Å². The zero-order valence-electron chi connectivity index (χ0n) is 13.6. The van der Waals surface area contributed by atoms with E-state index in [1.165, 1.54) is 12.4 Å². The fourth-order valence-corrected chi connectivity index (χ4v) is 2.49. The Hall–Kier alpha value is -2.92. The van der Waals surface area contributed by atoms with Gasteiger partial charge in [-0.2, -0.15) is 4.98 Å². The molecule has 0 aliphatic rings. The molecule has 26 heavy (non-hydrogen) atoms. The number of nitrogens with two attached hydrogens (primary N) is 1. The first kappa shape index (κ1) is 19.4. The molecule has 0 bridgehead atoms. The smallest absolute Gasteiger partial charge is 0.229 e. The van der Waals surface area contributed by atoms with Crippen LogP contribution in [0.5, 0.6) is 0 Å². The Morgan fingerprint density at radius 3 is 2.92 bits per heavy atom. The molecule has 0 radical (unpaired) electrons. The average molecular weight is 383 g/mol. The molecule has 140 valence electrons. The van der Waals surface area contributed by atoms with Crippen LogP contribution in [0, 0.1) is 11.6 Å². The summed E-state index contributed by atoms with van der Waals surface area (Å²) in [7, 11) is 1.54. The molecule has 8 nitrogen and oxygen atoms in total. The van der Waals surface area contributed by atoms with Crippen LogP contribution in [0.25, 0.3) is 0 Å². The van der Waals surface area contributed by atoms with Crippen LogP contribution >= 0.6 is 0 Å². The maximum absolute atomic E-state index is 13.9. The number of benzene rings is 1. The predicted molar refractivity (Wildman–Crippen MR) is 95.3 cm³/mol. The zero-order valence-corrected chi connectivity index (χ0v) is 14.4. The summed E-state index contributed by atoms with van der Waals surface area (Å²) in [5, 5.41) is 5.36. The van der Waals surface area contributed by atoms with Gasteiger partial charge in [0, 0.05) is 32.3 Å². The lowest BCUT2D eigenvalue weighted by Crippen LogP contribution is -2.11. The first-order valence-corrected chi connectivity index (χ1v) is 8.27. The van der Waals surface area contributed by atoms with E-state index in [2.05, 4.69) is 25.6 Å². The van der Waals surface area contributed by atoms with Gasteiger partial charge in [-0.1, -0.05) is 0 Å². The normalized spacial score (nSPS) is 13.0. The van der Waals surface area contributed by atoms with Gasteiger partial charge < -0.3 is 20.9 Å². The van der Waals surface area contributed by atoms with Gasteiger partial charge in [0.15, 0.2) is 11.6 Å². The number of nitrogens with one attached hydrogen (secondary N) is 2. The molecule has 2 rings (SSSR count). The molecule has 1 heterocycles. The van der Waals surface area contributed by atoms with Crippen LogP contribution in [-0.2, 0) is 17.6 Å². The van der Waals surface area contributed by atoms with E-state index in [9.17, 15) is 17.5 Å². The molecule has 0 amide bonds. The van der Waals surface area contributed by atoms with Crippen LogP contribution in [0.4, 0.5) is 20.5 Å². The summed E-state index contributed by atoms with van der Waals surface area (Å²) >= 11 is -2.56. The number of allylic oxidation sites excluding steroid dienone is 1. The Balaban J connectivity index is 0.00000364. The number of aliphatic imine (C=N–C) groups is 1. The first-order chi connectivity index (χ1) is 12.4. The van der Waals surface area contributed by atoms with Crippen molar-refractivity contribution in [1.29, 1.82) is 0 Å². The maximum atomic E-state index is 13.9. The molecule has 0 aliphatic heterocycles. The van der Waals surface area contributed by atoms with Gasteiger partial charge in [0.2, 0.25) is 5.95 Å². The number of rotatable bonds is 7. The highest BCUT2D eigenvalue weighted by Gasteiger charge is 2.10. The first-order valence-electron chi connectivity index (χ1n) is 7.19. The van der Waals surface area contributed by atoms with E-state index in [0.29, 0.717) is 5.70 Å². The van der Waals surface area contributed by atoms with Gasteiger partial charge in [-0.05, 0) is 34.8 Å². The second kappa shape index (κ2) is 8.97. The highest BCUT2D eigenvalue weighted by molar-refractivity contribution is 7.79. The lowest BCUT2D eigenvalue weighted by atomic mass is 10.2. The van der Waals surface area contributed by atoms with E-state index in [-0.39, 0.29) is 30.2 Å². The molecule has 4 N–H and O–H groups in total. The number of nitrogens with zero attached hydrogens (tertiary/aromatic N) is 3. The molecular formula is C15H17F2N6O2S-. The van der Waals surface area contributed by atoms with Crippen molar-refractivity contribution in [3.8, 4) is 0 Å². The maximum Gasteiger partial charge on any atom is 0.229 e. The third kappa shape index (κ3) is 5.04.